The van der Waals surface area contributed by atoms with Crippen molar-refractivity contribution in [1.82, 2.24) is 0 Å². The van der Waals surface area contributed by atoms with E-state index in [1.165, 1.54) is 43.3 Å². The standard InChI is InChI=1S/C15H15N3O5S/c1-9-6-7-11(8-12(9)15(16)19)24(22,23)17-13-4-3-5-14(10(13)2)18(20)21/h3-8,17H,1-2H3,(H2,16,19). The maximum Gasteiger partial charge on any atom is 0.274 e. The molecule has 0 saturated heterocycles. The van der Waals surface area contributed by atoms with Gasteiger partial charge in [0.2, 0.25) is 5.91 Å². The van der Waals surface area contributed by atoms with Crippen molar-refractivity contribution in [2.45, 2.75) is 18.7 Å². The number of rotatable bonds is 5. The lowest BCUT2D eigenvalue weighted by atomic mass is 10.1. The monoisotopic (exact) mass is 349 g/mol. The Labute approximate surface area is 138 Å². The van der Waals surface area contributed by atoms with Gasteiger partial charge in [0.25, 0.3) is 15.7 Å². The van der Waals surface area contributed by atoms with Crippen molar-refractivity contribution in [2.24, 2.45) is 5.73 Å². The molecule has 0 aromatic heterocycles. The summed E-state index contributed by atoms with van der Waals surface area (Å²) in [6.07, 6.45) is 0. The fraction of sp³-hybridized carbons (Fsp3) is 0.133. The number of hydrogen-bond donors (Lipinski definition) is 2. The minimum absolute atomic E-state index is 0.0883. The first kappa shape index (κ1) is 17.4. The van der Waals surface area contributed by atoms with Gasteiger partial charge in [0.1, 0.15) is 0 Å². The predicted molar refractivity (Wildman–Crippen MR) is 88.3 cm³/mol. The summed E-state index contributed by atoms with van der Waals surface area (Å²) in [6.45, 7) is 3.08. The van der Waals surface area contributed by atoms with Crippen molar-refractivity contribution in [1.29, 1.82) is 0 Å². The molecule has 0 spiro atoms. The van der Waals surface area contributed by atoms with E-state index in [0.717, 1.165) is 0 Å². The topological polar surface area (TPSA) is 132 Å². The smallest absolute Gasteiger partial charge is 0.274 e. The summed E-state index contributed by atoms with van der Waals surface area (Å²) in [5.74, 6) is -0.740. The summed E-state index contributed by atoms with van der Waals surface area (Å²) in [5.41, 5.74) is 5.95. The summed E-state index contributed by atoms with van der Waals surface area (Å²) in [4.78, 5) is 21.6. The Kier molecular flexibility index (Phi) is 4.56. The molecule has 1 amide bonds. The zero-order valence-electron chi connectivity index (χ0n) is 12.9. The van der Waals surface area contributed by atoms with Crippen LogP contribution in [-0.4, -0.2) is 19.2 Å². The van der Waals surface area contributed by atoms with Crippen LogP contribution in [-0.2, 0) is 10.0 Å². The Morgan fingerprint density at radius 1 is 1.21 bits per heavy atom. The van der Waals surface area contributed by atoms with Gasteiger partial charge in [-0.2, -0.15) is 0 Å². The number of benzene rings is 2. The van der Waals surface area contributed by atoms with Crippen LogP contribution in [0.3, 0.4) is 0 Å². The second-order valence-electron chi connectivity index (χ2n) is 5.15. The first-order chi connectivity index (χ1) is 11.1. The van der Waals surface area contributed by atoms with Gasteiger partial charge in [0.05, 0.1) is 21.1 Å². The number of primary amides is 1. The van der Waals surface area contributed by atoms with E-state index in [2.05, 4.69) is 4.72 Å². The van der Waals surface area contributed by atoms with Gasteiger partial charge < -0.3 is 5.73 Å². The van der Waals surface area contributed by atoms with Gasteiger partial charge in [0.15, 0.2) is 0 Å². The lowest BCUT2D eigenvalue weighted by Crippen LogP contribution is -2.17. The Morgan fingerprint density at radius 3 is 2.46 bits per heavy atom. The van der Waals surface area contributed by atoms with Crippen LogP contribution in [0.1, 0.15) is 21.5 Å². The summed E-state index contributed by atoms with van der Waals surface area (Å²) < 4.78 is 27.3. The number of hydrogen-bond acceptors (Lipinski definition) is 5. The average molecular weight is 349 g/mol. The van der Waals surface area contributed by atoms with Gasteiger partial charge in [-0.25, -0.2) is 8.42 Å². The van der Waals surface area contributed by atoms with E-state index in [1.807, 2.05) is 0 Å². The zero-order chi connectivity index (χ0) is 18.1. The summed E-state index contributed by atoms with van der Waals surface area (Å²) in [5, 5.41) is 10.9. The van der Waals surface area contributed by atoms with Crippen LogP contribution in [0, 0.1) is 24.0 Å². The van der Waals surface area contributed by atoms with Gasteiger partial charge >= 0.3 is 0 Å². The van der Waals surface area contributed by atoms with Crippen LogP contribution in [0.25, 0.3) is 0 Å². The van der Waals surface area contributed by atoms with Crippen molar-refractivity contribution < 1.29 is 18.1 Å². The third-order valence-electron chi connectivity index (χ3n) is 3.53. The fourth-order valence-electron chi connectivity index (χ4n) is 2.17. The van der Waals surface area contributed by atoms with Crippen LogP contribution in [0.15, 0.2) is 41.3 Å². The molecule has 0 atom stereocenters. The molecular formula is C15H15N3O5S. The van der Waals surface area contributed by atoms with Gasteiger partial charge in [-0.3, -0.25) is 19.6 Å². The highest BCUT2D eigenvalue weighted by atomic mass is 32.2. The van der Waals surface area contributed by atoms with Crippen LogP contribution in [0.2, 0.25) is 0 Å². The van der Waals surface area contributed by atoms with E-state index < -0.39 is 20.9 Å². The van der Waals surface area contributed by atoms with Crippen LogP contribution >= 0.6 is 0 Å². The summed E-state index contributed by atoms with van der Waals surface area (Å²) in [7, 11) is -4.03. The molecule has 0 aliphatic carbocycles. The Hall–Kier alpha value is -2.94. The molecule has 2 aromatic carbocycles. The number of nitro benzene ring substituents is 1. The summed E-state index contributed by atoms with van der Waals surface area (Å²) >= 11 is 0. The highest BCUT2D eigenvalue weighted by Gasteiger charge is 2.20. The minimum Gasteiger partial charge on any atom is -0.366 e. The van der Waals surface area contributed by atoms with Gasteiger partial charge in [0, 0.05) is 11.6 Å². The van der Waals surface area contributed by atoms with E-state index in [4.69, 9.17) is 5.73 Å². The lowest BCUT2D eigenvalue weighted by molar-refractivity contribution is -0.385. The average Bonchev–Trinajstić information content (AvgIpc) is 2.48. The molecule has 0 unspecified atom stereocenters. The highest BCUT2D eigenvalue weighted by molar-refractivity contribution is 7.92. The Balaban J connectivity index is 2.47. The minimum atomic E-state index is -4.03. The van der Waals surface area contributed by atoms with Crippen molar-refractivity contribution >= 4 is 27.3 Å². The molecule has 0 radical (unpaired) electrons. The zero-order valence-corrected chi connectivity index (χ0v) is 13.8. The van der Waals surface area contributed by atoms with Crippen molar-refractivity contribution in [3.8, 4) is 0 Å². The van der Waals surface area contributed by atoms with Crippen molar-refractivity contribution in [2.75, 3.05) is 4.72 Å². The van der Waals surface area contributed by atoms with E-state index in [-0.39, 0.29) is 27.4 Å². The number of nitrogens with two attached hydrogens (primary N) is 1. The number of sulfonamides is 1. The molecule has 3 N–H and O–H groups in total. The number of nitro groups is 1. The summed E-state index contributed by atoms with van der Waals surface area (Å²) in [6, 6.07) is 8.05. The van der Waals surface area contributed by atoms with Crippen molar-refractivity contribution in [3.05, 3.63) is 63.2 Å². The normalized spacial score (nSPS) is 11.1. The molecule has 0 saturated carbocycles. The number of amides is 1. The number of carbonyl (C=O) groups excluding carboxylic acids is 1. The second-order valence-corrected chi connectivity index (χ2v) is 6.84. The molecule has 0 aliphatic rings. The van der Waals surface area contributed by atoms with E-state index >= 15 is 0 Å². The molecule has 0 bridgehead atoms. The number of nitrogens with one attached hydrogen (secondary N) is 1. The third kappa shape index (κ3) is 3.35. The highest BCUT2D eigenvalue weighted by Crippen LogP contribution is 2.27. The molecular weight excluding hydrogens is 334 g/mol. The predicted octanol–water partition coefficient (Wildman–Crippen LogP) is 2.11. The number of anilines is 1. The number of aryl methyl sites for hydroxylation is 1. The maximum atomic E-state index is 12.5. The van der Waals surface area contributed by atoms with Crippen LogP contribution in [0.4, 0.5) is 11.4 Å². The van der Waals surface area contributed by atoms with Crippen LogP contribution < -0.4 is 10.5 Å². The quantitative estimate of drug-likeness (QED) is 0.630. The Bertz CT molecular complexity index is 938. The Morgan fingerprint density at radius 2 is 1.88 bits per heavy atom. The van der Waals surface area contributed by atoms with E-state index in [1.54, 1.807) is 6.92 Å². The molecule has 8 nitrogen and oxygen atoms in total. The van der Waals surface area contributed by atoms with Gasteiger partial charge in [-0.1, -0.05) is 12.1 Å². The largest absolute Gasteiger partial charge is 0.366 e. The maximum absolute atomic E-state index is 12.5. The molecule has 126 valence electrons. The molecule has 24 heavy (non-hydrogen) atoms. The fourth-order valence-corrected chi connectivity index (χ4v) is 3.32. The van der Waals surface area contributed by atoms with Crippen molar-refractivity contribution in [3.63, 3.8) is 0 Å². The van der Waals surface area contributed by atoms with Gasteiger partial charge in [-0.15, -0.1) is 0 Å². The molecule has 2 aromatic rings. The molecule has 0 fully saturated rings. The van der Waals surface area contributed by atoms with Crippen LogP contribution in [0.5, 0.6) is 0 Å². The van der Waals surface area contributed by atoms with Gasteiger partial charge in [-0.05, 0) is 37.6 Å². The first-order valence-electron chi connectivity index (χ1n) is 6.81. The molecule has 2 rings (SSSR count). The van der Waals surface area contributed by atoms with E-state index in [0.29, 0.717) is 5.56 Å². The molecule has 0 heterocycles. The SMILES string of the molecule is Cc1ccc(S(=O)(=O)Nc2cccc([N+](=O)[O-])c2C)cc1C(N)=O. The first-order valence-corrected chi connectivity index (χ1v) is 8.29. The number of carbonyl (C=O) groups is 1. The second kappa shape index (κ2) is 6.28. The van der Waals surface area contributed by atoms with E-state index in [9.17, 15) is 23.3 Å². The molecule has 0 aliphatic heterocycles. The number of nitrogens with zero attached hydrogens (tertiary/aromatic N) is 1. The lowest BCUT2D eigenvalue weighted by Gasteiger charge is -2.12. The molecule has 9 heteroatoms. The third-order valence-corrected chi connectivity index (χ3v) is 4.89.